The number of aromatic nitrogens is 3. The van der Waals surface area contributed by atoms with Crippen LogP contribution in [0.15, 0.2) is 36.9 Å². The molecule has 0 radical (unpaired) electrons. The van der Waals surface area contributed by atoms with Gasteiger partial charge >= 0.3 is 0 Å². The minimum absolute atomic E-state index is 0.350. The van der Waals surface area contributed by atoms with E-state index in [9.17, 15) is 4.79 Å². The molecule has 0 unspecified atom stereocenters. The van der Waals surface area contributed by atoms with Crippen LogP contribution in [0.1, 0.15) is 15.9 Å². The lowest BCUT2D eigenvalue weighted by atomic mass is 10.1. The van der Waals surface area contributed by atoms with Crippen LogP contribution in [0.4, 0.5) is 5.69 Å². The number of amides is 1. The molecule has 1 amide bonds. The van der Waals surface area contributed by atoms with Crippen LogP contribution in [0.5, 0.6) is 5.75 Å². The van der Waals surface area contributed by atoms with Crippen molar-refractivity contribution in [2.24, 2.45) is 5.73 Å². The van der Waals surface area contributed by atoms with Crippen LogP contribution < -0.4 is 15.8 Å². The van der Waals surface area contributed by atoms with Crippen molar-refractivity contribution in [2.75, 3.05) is 12.4 Å². The Kier molecular flexibility index (Phi) is 3.61. The number of anilines is 1. The lowest BCUT2D eigenvalue weighted by Crippen LogP contribution is -2.15. The standard InChI is InChI=1S/C15H15N5O2/c1-22-10-4-9(5-17-7-10)6-19-13-11-2-3-18-15(11)20-8-12(13)14(16)21/h2-5,7-8H,6H2,1H3,(H2,16,21)(H2,18,19,20). The molecule has 0 saturated carbocycles. The van der Waals surface area contributed by atoms with E-state index in [4.69, 9.17) is 10.5 Å². The predicted molar refractivity (Wildman–Crippen MR) is 82.7 cm³/mol. The number of fused-ring (bicyclic) bond motifs is 1. The number of hydrogen-bond acceptors (Lipinski definition) is 5. The van der Waals surface area contributed by atoms with E-state index < -0.39 is 5.91 Å². The molecule has 0 aliphatic heterocycles. The van der Waals surface area contributed by atoms with Crippen LogP contribution in [0.3, 0.4) is 0 Å². The summed E-state index contributed by atoms with van der Waals surface area (Å²) < 4.78 is 5.15. The normalized spacial score (nSPS) is 10.6. The van der Waals surface area contributed by atoms with E-state index in [1.54, 1.807) is 25.7 Å². The van der Waals surface area contributed by atoms with Crippen molar-refractivity contribution < 1.29 is 9.53 Å². The molecule has 0 aliphatic carbocycles. The summed E-state index contributed by atoms with van der Waals surface area (Å²) in [6.07, 6.45) is 6.60. The number of pyridine rings is 2. The number of H-pyrrole nitrogens is 1. The summed E-state index contributed by atoms with van der Waals surface area (Å²) >= 11 is 0. The van der Waals surface area contributed by atoms with Crippen molar-refractivity contribution >= 4 is 22.6 Å². The fourth-order valence-corrected chi connectivity index (χ4v) is 2.25. The Balaban J connectivity index is 1.93. The Morgan fingerprint density at radius 2 is 2.27 bits per heavy atom. The van der Waals surface area contributed by atoms with E-state index in [1.165, 1.54) is 6.20 Å². The number of primary amides is 1. The average molecular weight is 297 g/mol. The fraction of sp³-hybridized carbons (Fsp3) is 0.133. The number of hydrogen-bond donors (Lipinski definition) is 3. The van der Waals surface area contributed by atoms with Gasteiger partial charge in [0.25, 0.3) is 5.91 Å². The largest absolute Gasteiger partial charge is 0.495 e. The summed E-state index contributed by atoms with van der Waals surface area (Å²) in [6.45, 7) is 0.481. The van der Waals surface area contributed by atoms with Crippen molar-refractivity contribution in [3.63, 3.8) is 0 Å². The van der Waals surface area contributed by atoms with Gasteiger partial charge in [-0.05, 0) is 17.7 Å². The van der Waals surface area contributed by atoms with Crippen LogP contribution in [-0.4, -0.2) is 28.0 Å². The van der Waals surface area contributed by atoms with Gasteiger partial charge in [0.15, 0.2) is 0 Å². The fourth-order valence-electron chi connectivity index (χ4n) is 2.25. The summed E-state index contributed by atoms with van der Waals surface area (Å²) in [5, 5.41) is 4.05. The van der Waals surface area contributed by atoms with Crippen molar-refractivity contribution in [2.45, 2.75) is 6.54 Å². The second-order valence-corrected chi connectivity index (χ2v) is 4.74. The number of rotatable bonds is 5. The quantitative estimate of drug-likeness (QED) is 0.664. The molecule has 0 aliphatic rings. The van der Waals surface area contributed by atoms with E-state index in [-0.39, 0.29) is 0 Å². The summed E-state index contributed by atoms with van der Waals surface area (Å²) in [6, 6.07) is 3.72. The van der Waals surface area contributed by atoms with Gasteiger partial charge in [-0.25, -0.2) is 4.98 Å². The molecule has 3 rings (SSSR count). The molecular formula is C15H15N5O2. The van der Waals surface area contributed by atoms with Crippen LogP contribution >= 0.6 is 0 Å². The third-order valence-corrected chi connectivity index (χ3v) is 3.33. The van der Waals surface area contributed by atoms with Crippen LogP contribution in [0.25, 0.3) is 11.0 Å². The highest BCUT2D eigenvalue weighted by molar-refractivity contribution is 6.05. The monoisotopic (exact) mass is 297 g/mol. The van der Waals surface area contributed by atoms with E-state index in [2.05, 4.69) is 20.3 Å². The molecule has 3 heterocycles. The molecule has 112 valence electrons. The highest BCUT2D eigenvalue weighted by Crippen LogP contribution is 2.25. The summed E-state index contributed by atoms with van der Waals surface area (Å²) in [4.78, 5) is 22.9. The number of nitrogens with one attached hydrogen (secondary N) is 2. The Labute approximate surface area is 126 Å². The van der Waals surface area contributed by atoms with E-state index in [0.717, 1.165) is 10.9 Å². The first-order valence-corrected chi connectivity index (χ1v) is 6.66. The molecule has 7 heteroatoms. The number of carbonyl (C=O) groups is 1. The Morgan fingerprint density at radius 3 is 3.05 bits per heavy atom. The maximum Gasteiger partial charge on any atom is 0.252 e. The van der Waals surface area contributed by atoms with E-state index in [0.29, 0.717) is 29.2 Å². The molecular weight excluding hydrogens is 282 g/mol. The van der Waals surface area contributed by atoms with Gasteiger partial charge in [-0.1, -0.05) is 0 Å². The minimum atomic E-state index is -0.526. The molecule has 3 aromatic heterocycles. The zero-order valence-corrected chi connectivity index (χ0v) is 12.0. The first-order valence-electron chi connectivity index (χ1n) is 6.66. The minimum Gasteiger partial charge on any atom is -0.495 e. The number of carbonyl (C=O) groups excluding carboxylic acids is 1. The van der Waals surface area contributed by atoms with Gasteiger partial charge in [0, 0.05) is 30.5 Å². The molecule has 22 heavy (non-hydrogen) atoms. The van der Waals surface area contributed by atoms with Crippen molar-refractivity contribution in [1.82, 2.24) is 15.0 Å². The summed E-state index contributed by atoms with van der Waals surface area (Å²) in [5.41, 5.74) is 8.05. The van der Waals surface area contributed by atoms with Gasteiger partial charge in [0.05, 0.1) is 24.6 Å². The first-order chi connectivity index (χ1) is 10.7. The predicted octanol–water partition coefficient (Wildman–Crippen LogP) is 1.68. The van der Waals surface area contributed by atoms with E-state index in [1.807, 2.05) is 12.1 Å². The Hall–Kier alpha value is -3.09. The molecule has 0 fully saturated rings. The van der Waals surface area contributed by atoms with Crippen molar-refractivity contribution in [3.05, 3.63) is 48.0 Å². The van der Waals surface area contributed by atoms with Crippen LogP contribution in [-0.2, 0) is 6.54 Å². The highest BCUT2D eigenvalue weighted by Gasteiger charge is 2.13. The maximum absolute atomic E-state index is 11.6. The van der Waals surface area contributed by atoms with Crippen molar-refractivity contribution in [1.29, 1.82) is 0 Å². The topological polar surface area (TPSA) is 106 Å². The number of nitrogens with two attached hydrogens (primary N) is 1. The molecule has 4 N–H and O–H groups in total. The Bertz CT molecular complexity index is 828. The van der Waals surface area contributed by atoms with Gasteiger partial charge in [-0.15, -0.1) is 0 Å². The molecule has 7 nitrogen and oxygen atoms in total. The zero-order chi connectivity index (χ0) is 15.5. The number of aromatic amines is 1. The van der Waals surface area contributed by atoms with Gasteiger partial charge in [0.2, 0.25) is 0 Å². The van der Waals surface area contributed by atoms with E-state index >= 15 is 0 Å². The molecule has 0 atom stereocenters. The second-order valence-electron chi connectivity index (χ2n) is 4.74. The second kappa shape index (κ2) is 5.72. The first kappa shape index (κ1) is 13.9. The number of nitrogens with zero attached hydrogens (tertiary/aromatic N) is 2. The number of ether oxygens (including phenoxy) is 1. The molecule has 0 saturated heterocycles. The third kappa shape index (κ3) is 2.56. The van der Waals surface area contributed by atoms with Gasteiger partial charge < -0.3 is 20.8 Å². The lowest BCUT2D eigenvalue weighted by molar-refractivity contribution is 0.100. The smallest absolute Gasteiger partial charge is 0.252 e. The SMILES string of the molecule is COc1cncc(CNc2c(C(N)=O)cnc3[nH]ccc23)c1. The van der Waals surface area contributed by atoms with Crippen LogP contribution in [0.2, 0.25) is 0 Å². The lowest BCUT2D eigenvalue weighted by Gasteiger charge is -2.11. The van der Waals surface area contributed by atoms with Gasteiger partial charge in [0.1, 0.15) is 11.4 Å². The number of methoxy groups -OCH3 is 1. The Morgan fingerprint density at radius 1 is 1.41 bits per heavy atom. The third-order valence-electron chi connectivity index (χ3n) is 3.33. The average Bonchev–Trinajstić information content (AvgIpc) is 3.01. The molecule has 3 aromatic rings. The summed E-state index contributed by atoms with van der Waals surface area (Å²) in [5.74, 6) is 0.151. The van der Waals surface area contributed by atoms with Gasteiger partial charge in [-0.2, -0.15) is 0 Å². The zero-order valence-electron chi connectivity index (χ0n) is 12.0. The van der Waals surface area contributed by atoms with Crippen molar-refractivity contribution in [3.8, 4) is 5.75 Å². The molecule has 0 bridgehead atoms. The molecule has 0 spiro atoms. The maximum atomic E-state index is 11.6. The molecule has 0 aromatic carbocycles. The highest BCUT2D eigenvalue weighted by atomic mass is 16.5. The van der Waals surface area contributed by atoms with Crippen LogP contribution in [0, 0.1) is 0 Å². The summed E-state index contributed by atoms with van der Waals surface area (Å²) in [7, 11) is 1.59. The van der Waals surface area contributed by atoms with Gasteiger partial charge in [-0.3, -0.25) is 9.78 Å².